The average Bonchev–Trinajstić information content (AvgIpc) is 2.73. The van der Waals surface area contributed by atoms with Crippen molar-refractivity contribution in [2.24, 2.45) is 5.92 Å². The van der Waals surface area contributed by atoms with Crippen molar-refractivity contribution in [1.29, 1.82) is 0 Å². The second-order valence-corrected chi connectivity index (χ2v) is 10.4. The molecule has 0 saturated heterocycles. The van der Waals surface area contributed by atoms with Crippen molar-refractivity contribution in [2.75, 3.05) is 18.4 Å². The zero-order valence-corrected chi connectivity index (χ0v) is 20.2. The molecule has 2 rings (SSSR count). The van der Waals surface area contributed by atoms with Gasteiger partial charge in [0.05, 0.1) is 10.8 Å². The largest absolute Gasteiger partial charge is 0.326 e. The molecule has 0 radical (unpaired) electrons. The van der Waals surface area contributed by atoms with Crippen LogP contribution >= 0.6 is 0 Å². The molecule has 31 heavy (non-hydrogen) atoms. The molecule has 1 amide bonds. The Morgan fingerprint density at radius 2 is 1.45 bits per heavy atom. The molecule has 0 aliphatic heterocycles. The maximum Gasteiger partial charge on any atom is 0.243 e. The number of carbonyl (C=O) groups is 1. The van der Waals surface area contributed by atoms with E-state index in [-0.39, 0.29) is 16.7 Å². The van der Waals surface area contributed by atoms with Gasteiger partial charge in [-0.1, -0.05) is 52.0 Å². The summed E-state index contributed by atoms with van der Waals surface area (Å²) >= 11 is 0. The first-order valence-corrected chi connectivity index (χ1v) is 12.6. The van der Waals surface area contributed by atoms with E-state index in [1.54, 1.807) is 24.3 Å². The number of nitrogens with zero attached hydrogens (tertiary/aromatic N) is 1. The van der Waals surface area contributed by atoms with Crippen molar-refractivity contribution in [3.63, 3.8) is 0 Å². The molecule has 1 unspecified atom stereocenters. The SMILES string of the molecule is CCCN(CCC)S(=O)(=O)c1ccc(NC(=O)C(C)c2ccc(CC(C)C)cc2)cc1. The molecule has 2 aromatic carbocycles. The van der Waals surface area contributed by atoms with E-state index in [1.165, 1.54) is 9.87 Å². The third-order valence-corrected chi connectivity index (χ3v) is 7.14. The Morgan fingerprint density at radius 3 is 1.94 bits per heavy atom. The molecule has 5 nitrogen and oxygen atoms in total. The van der Waals surface area contributed by atoms with E-state index in [0.717, 1.165) is 24.8 Å². The number of carbonyl (C=O) groups excluding carboxylic acids is 1. The number of amides is 1. The van der Waals surface area contributed by atoms with Crippen LogP contribution in [-0.2, 0) is 21.2 Å². The van der Waals surface area contributed by atoms with Gasteiger partial charge in [-0.3, -0.25) is 4.79 Å². The summed E-state index contributed by atoms with van der Waals surface area (Å²) in [7, 11) is -3.52. The molecule has 0 fully saturated rings. The molecule has 0 bridgehead atoms. The van der Waals surface area contributed by atoms with Gasteiger partial charge in [0.2, 0.25) is 15.9 Å². The van der Waals surface area contributed by atoms with Gasteiger partial charge < -0.3 is 5.32 Å². The second kappa shape index (κ2) is 11.4. The van der Waals surface area contributed by atoms with Gasteiger partial charge in [-0.2, -0.15) is 4.31 Å². The molecule has 1 atom stereocenters. The molecule has 0 heterocycles. The predicted octanol–water partition coefficient (Wildman–Crippen LogP) is 5.44. The highest BCUT2D eigenvalue weighted by Gasteiger charge is 2.23. The van der Waals surface area contributed by atoms with E-state index in [2.05, 4.69) is 31.3 Å². The Bertz CT molecular complexity index is 930. The highest BCUT2D eigenvalue weighted by atomic mass is 32.2. The van der Waals surface area contributed by atoms with Crippen LogP contribution in [0.25, 0.3) is 0 Å². The van der Waals surface area contributed by atoms with Crippen molar-refractivity contribution in [3.8, 4) is 0 Å². The number of hydrogen-bond acceptors (Lipinski definition) is 3. The quantitative estimate of drug-likeness (QED) is 0.502. The fourth-order valence-corrected chi connectivity index (χ4v) is 5.15. The Balaban J connectivity index is 2.07. The Labute approximate surface area is 187 Å². The molecule has 0 spiro atoms. The van der Waals surface area contributed by atoms with Gasteiger partial charge in [0.25, 0.3) is 0 Å². The molecule has 6 heteroatoms. The van der Waals surface area contributed by atoms with Crippen LogP contribution in [0.5, 0.6) is 0 Å². The average molecular weight is 445 g/mol. The first-order valence-electron chi connectivity index (χ1n) is 11.2. The van der Waals surface area contributed by atoms with Crippen molar-refractivity contribution >= 4 is 21.6 Å². The summed E-state index contributed by atoms with van der Waals surface area (Å²) in [6, 6.07) is 14.6. The summed E-state index contributed by atoms with van der Waals surface area (Å²) in [4.78, 5) is 12.9. The van der Waals surface area contributed by atoms with Gasteiger partial charge >= 0.3 is 0 Å². The molecule has 0 aromatic heterocycles. The van der Waals surface area contributed by atoms with E-state index in [9.17, 15) is 13.2 Å². The Kier molecular flexibility index (Phi) is 9.26. The summed E-state index contributed by atoms with van der Waals surface area (Å²) in [5, 5.41) is 2.90. The fraction of sp³-hybridized carbons (Fsp3) is 0.480. The highest BCUT2D eigenvalue weighted by molar-refractivity contribution is 7.89. The van der Waals surface area contributed by atoms with Crippen LogP contribution in [0.3, 0.4) is 0 Å². The smallest absolute Gasteiger partial charge is 0.243 e. The highest BCUT2D eigenvalue weighted by Crippen LogP contribution is 2.22. The molecule has 0 saturated carbocycles. The third-order valence-electron chi connectivity index (χ3n) is 5.22. The first kappa shape index (κ1) is 25.1. The van der Waals surface area contributed by atoms with Crippen LogP contribution < -0.4 is 5.32 Å². The number of sulfonamides is 1. The van der Waals surface area contributed by atoms with Gasteiger partial charge in [-0.15, -0.1) is 0 Å². The fourth-order valence-electron chi connectivity index (χ4n) is 3.53. The van der Waals surface area contributed by atoms with Gasteiger partial charge in [-0.05, 0) is 67.5 Å². The summed E-state index contributed by atoms with van der Waals surface area (Å²) in [6.45, 7) is 11.2. The van der Waals surface area contributed by atoms with Gasteiger partial charge in [-0.25, -0.2) is 8.42 Å². The van der Waals surface area contributed by atoms with Crippen molar-refractivity contribution < 1.29 is 13.2 Å². The number of rotatable bonds is 11. The van der Waals surface area contributed by atoms with Crippen molar-refractivity contribution in [3.05, 3.63) is 59.7 Å². The second-order valence-electron chi connectivity index (χ2n) is 8.48. The van der Waals surface area contributed by atoms with Crippen LogP contribution in [0.4, 0.5) is 5.69 Å². The Hall–Kier alpha value is -2.18. The molecule has 2 aromatic rings. The lowest BCUT2D eigenvalue weighted by Crippen LogP contribution is -2.32. The maximum atomic E-state index is 12.9. The summed E-state index contributed by atoms with van der Waals surface area (Å²) in [5.41, 5.74) is 2.81. The van der Waals surface area contributed by atoms with E-state index in [0.29, 0.717) is 24.7 Å². The van der Waals surface area contributed by atoms with Gasteiger partial charge in [0, 0.05) is 18.8 Å². The van der Waals surface area contributed by atoms with Crippen molar-refractivity contribution in [2.45, 2.75) is 64.7 Å². The zero-order valence-electron chi connectivity index (χ0n) is 19.4. The van der Waals surface area contributed by atoms with E-state index in [1.807, 2.05) is 32.9 Å². The van der Waals surface area contributed by atoms with Crippen LogP contribution in [0.15, 0.2) is 53.4 Å². The lowest BCUT2D eigenvalue weighted by molar-refractivity contribution is -0.117. The molecular weight excluding hydrogens is 408 g/mol. The molecule has 170 valence electrons. The van der Waals surface area contributed by atoms with Gasteiger partial charge in [0.1, 0.15) is 0 Å². The van der Waals surface area contributed by atoms with E-state index >= 15 is 0 Å². The van der Waals surface area contributed by atoms with E-state index < -0.39 is 10.0 Å². The molecule has 0 aliphatic rings. The van der Waals surface area contributed by atoms with Crippen LogP contribution in [0, 0.1) is 5.92 Å². The topological polar surface area (TPSA) is 66.5 Å². The summed E-state index contributed by atoms with van der Waals surface area (Å²) in [5.74, 6) is 0.168. The lowest BCUT2D eigenvalue weighted by Gasteiger charge is -2.21. The Morgan fingerprint density at radius 1 is 0.903 bits per heavy atom. The minimum absolute atomic E-state index is 0.120. The van der Waals surface area contributed by atoms with Gasteiger partial charge in [0.15, 0.2) is 0 Å². The maximum absolute atomic E-state index is 12.9. The monoisotopic (exact) mass is 444 g/mol. The third kappa shape index (κ3) is 6.91. The van der Waals surface area contributed by atoms with E-state index in [4.69, 9.17) is 0 Å². The number of hydrogen-bond donors (Lipinski definition) is 1. The van der Waals surface area contributed by atoms with Crippen LogP contribution in [0.1, 0.15) is 64.5 Å². The molecule has 0 aliphatic carbocycles. The number of nitrogens with one attached hydrogen (secondary N) is 1. The minimum Gasteiger partial charge on any atom is -0.326 e. The normalized spacial score (nSPS) is 12.9. The lowest BCUT2D eigenvalue weighted by atomic mass is 9.96. The summed E-state index contributed by atoms with van der Waals surface area (Å²) in [6.07, 6.45) is 2.55. The number of benzene rings is 2. The van der Waals surface area contributed by atoms with Crippen LogP contribution in [0.2, 0.25) is 0 Å². The number of anilines is 1. The zero-order chi connectivity index (χ0) is 23.0. The van der Waals surface area contributed by atoms with Crippen molar-refractivity contribution in [1.82, 2.24) is 4.31 Å². The molecular formula is C25H36N2O3S. The predicted molar refractivity (Wildman–Crippen MR) is 128 cm³/mol. The minimum atomic E-state index is -3.52. The van der Waals surface area contributed by atoms with Crippen LogP contribution in [-0.4, -0.2) is 31.7 Å². The summed E-state index contributed by atoms with van der Waals surface area (Å²) < 4.78 is 27.3. The first-order chi connectivity index (χ1) is 14.7. The standard InChI is InChI=1S/C25H36N2O3S/c1-6-16-27(17-7-2)31(29,30)24-14-12-23(13-15-24)26-25(28)20(5)22-10-8-21(9-11-22)18-19(3)4/h8-15,19-20H,6-7,16-18H2,1-5H3,(H,26,28). The molecule has 1 N–H and O–H groups in total.